The zero-order valence-corrected chi connectivity index (χ0v) is 22.5. The van der Waals surface area contributed by atoms with Gasteiger partial charge < -0.3 is 21.1 Å². The highest BCUT2D eigenvalue weighted by molar-refractivity contribution is 6.31. The molecule has 6 nitrogen and oxygen atoms in total. The first-order valence-corrected chi connectivity index (χ1v) is 13.8. The topological polar surface area (TPSA) is 79.6 Å². The minimum atomic E-state index is -0.506. The van der Waals surface area contributed by atoms with Gasteiger partial charge in [-0.25, -0.2) is 4.39 Å². The summed E-state index contributed by atoms with van der Waals surface area (Å²) in [4.78, 5) is 15.9. The van der Waals surface area contributed by atoms with E-state index in [0.717, 1.165) is 55.1 Å². The maximum Gasteiger partial charge on any atom is 0.229 e. The molecule has 2 atom stereocenters. The number of nitrogens with two attached hydrogens (primary N) is 1. The molecule has 2 aliphatic rings. The van der Waals surface area contributed by atoms with Crippen LogP contribution in [0.3, 0.4) is 0 Å². The molecule has 2 unspecified atom stereocenters. The molecule has 2 heterocycles. The van der Waals surface area contributed by atoms with Crippen molar-refractivity contribution in [3.05, 3.63) is 94.8 Å². The van der Waals surface area contributed by atoms with Crippen molar-refractivity contribution in [3.63, 3.8) is 0 Å². The average molecular weight is 549 g/mol. The van der Waals surface area contributed by atoms with Crippen LogP contribution in [0.2, 0.25) is 5.02 Å². The van der Waals surface area contributed by atoms with Crippen LogP contribution in [0.25, 0.3) is 6.08 Å². The molecule has 4 N–H and O–H groups in total. The number of amides is 1. The molecule has 0 bridgehead atoms. The number of para-hydroxylation sites is 2. The van der Waals surface area contributed by atoms with Gasteiger partial charge in [-0.05, 0) is 54.3 Å². The lowest BCUT2D eigenvalue weighted by molar-refractivity contribution is -0.120. The van der Waals surface area contributed by atoms with E-state index < -0.39 is 5.82 Å². The van der Waals surface area contributed by atoms with Crippen molar-refractivity contribution in [1.29, 1.82) is 0 Å². The maximum atomic E-state index is 13.6. The Balaban J connectivity index is 1.27. The zero-order valence-electron chi connectivity index (χ0n) is 21.8. The fourth-order valence-electron chi connectivity index (χ4n) is 5.47. The van der Waals surface area contributed by atoms with Crippen molar-refractivity contribution in [2.45, 2.75) is 24.8 Å². The Labute approximate surface area is 234 Å². The summed E-state index contributed by atoms with van der Waals surface area (Å²) in [7, 11) is 0. The third kappa shape index (κ3) is 6.79. The number of carbonyl (C=O) groups is 1. The van der Waals surface area contributed by atoms with Gasteiger partial charge >= 0.3 is 0 Å². The summed E-state index contributed by atoms with van der Waals surface area (Å²) < 4.78 is 19.2. The quantitative estimate of drug-likeness (QED) is 0.300. The smallest absolute Gasteiger partial charge is 0.229 e. The summed E-state index contributed by atoms with van der Waals surface area (Å²) >= 11 is 5.94. The second-order valence-corrected chi connectivity index (χ2v) is 10.6. The first-order valence-electron chi connectivity index (χ1n) is 13.4. The molecule has 5 rings (SSSR count). The van der Waals surface area contributed by atoms with Gasteiger partial charge in [0.2, 0.25) is 5.91 Å². The summed E-state index contributed by atoms with van der Waals surface area (Å²) in [6, 6.07) is 20.8. The Morgan fingerprint density at radius 2 is 1.85 bits per heavy atom. The second kappa shape index (κ2) is 12.6. The highest BCUT2D eigenvalue weighted by Crippen LogP contribution is 2.36. The highest BCUT2D eigenvalue weighted by atomic mass is 35.5. The van der Waals surface area contributed by atoms with E-state index in [1.165, 1.54) is 12.1 Å². The monoisotopic (exact) mass is 548 g/mol. The number of nitrogens with one attached hydrogen (secondary N) is 2. The van der Waals surface area contributed by atoms with Crippen LogP contribution in [0.5, 0.6) is 0 Å². The molecule has 0 spiro atoms. The van der Waals surface area contributed by atoms with Gasteiger partial charge in [-0.1, -0.05) is 60.2 Å². The number of ether oxygens (including phenoxy) is 1. The SMILES string of the molecule is Nc1ccccc1NCC=Cc1ccc(C2CN(C3CCOCC3)CC2C(=O)Nc2ccc(F)c(Cl)c2)cc1. The van der Waals surface area contributed by atoms with Crippen molar-refractivity contribution in [1.82, 2.24) is 4.90 Å². The van der Waals surface area contributed by atoms with Crippen molar-refractivity contribution in [3.8, 4) is 0 Å². The van der Waals surface area contributed by atoms with Crippen LogP contribution in [0, 0.1) is 11.7 Å². The number of carbonyl (C=O) groups excluding carboxylic acids is 1. The maximum absolute atomic E-state index is 13.6. The van der Waals surface area contributed by atoms with Gasteiger partial charge in [0.25, 0.3) is 0 Å². The van der Waals surface area contributed by atoms with Crippen molar-refractivity contribution >= 4 is 40.6 Å². The lowest BCUT2D eigenvalue weighted by Crippen LogP contribution is -2.38. The number of hydrogen-bond donors (Lipinski definition) is 3. The number of likely N-dealkylation sites (tertiary alicyclic amines) is 1. The van der Waals surface area contributed by atoms with E-state index in [-0.39, 0.29) is 22.8 Å². The third-order valence-electron chi connectivity index (χ3n) is 7.63. The van der Waals surface area contributed by atoms with Gasteiger partial charge in [0, 0.05) is 50.5 Å². The summed E-state index contributed by atoms with van der Waals surface area (Å²) in [6.07, 6.45) is 6.08. The summed E-state index contributed by atoms with van der Waals surface area (Å²) in [6.45, 7) is 3.65. The number of benzene rings is 3. The van der Waals surface area contributed by atoms with Gasteiger partial charge in [0.1, 0.15) is 5.82 Å². The van der Waals surface area contributed by atoms with Crippen LogP contribution in [0.15, 0.2) is 72.8 Å². The van der Waals surface area contributed by atoms with E-state index in [2.05, 4.69) is 52.0 Å². The molecule has 0 radical (unpaired) electrons. The van der Waals surface area contributed by atoms with Gasteiger partial charge in [-0.15, -0.1) is 0 Å². The molecular weight excluding hydrogens is 515 g/mol. The molecule has 0 saturated carbocycles. The Morgan fingerprint density at radius 3 is 2.59 bits per heavy atom. The normalized spacial score (nSPS) is 20.4. The second-order valence-electron chi connectivity index (χ2n) is 10.2. The van der Waals surface area contributed by atoms with Gasteiger partial charge in [-0.2, -0.15) is 0 Å². The van der Waals surface area contributed by atoms with Crippen LogP contribution in [-0.2, 0) is 9.53 Å². The third-order valence-corrected chi connectivity index (χ3v) is 7.91. The standard InChI is InChI=1S/C31H34ClFN4O2/c32-27-18-23(11-12-28(27)33)36-31(38)26-20-37(24-13-16-39-17-14-24)19-25(26)22-9-7-21(8-10-22)4-3-15-35-30-6-2-1-5-29(30)34/h1-12,18,24-26,35H,13-17,19-20,34H2,(H,36,38). The average Bonchev–Trinajstić information content (AvgIpc) is 3.41. The number of nitrogen functional groups attached to an aromatic ring is 1. The van der Waals surface area contributed by atoms with E-state index in [1.807, 2.05) is 24.3 Å². The highest BCUT2D eigenvalue weighted by Gasteiger charge is 2.41. The van der Waals surface area contributed by atoms with Gasteiger partial charge in [0.15, 0.2) is 0 Å². The largest absolute Gasteiger partial charge is 0.397 e. The first kappa shape index (κ1) is 27.2. The number of anilines is 3. The van der Waals surface area contributed by atoms with Gasteiger partial charge in [0.05, 0.1) is 22.3 Å². The summed E-state index contributed by atoms with van der Waals surface area (Å²) in [5.74, 6) is -0.774. The lowest BCUT2D eigenvalue weighted by Gasteiger charge is -2.31. The number of hydrogen-bond acceptors (Lipinski definition) is 5. The Morgan fingerprint density at radius 1 is 1.08 bits per heavy atom. The van der Waals surface area contributed by atoms with Crippen LogP contribution in [-0.4, -0.2) is 49.7 Å². The van der Waals surface area contributed by atoms with Crippen LogP contribution >= 0.6 is 11.6 Å². The molecule has 2 saturated heterocycles. The van der Waals surface area contributed by atoms with E-state index in [1.54, 1.807) is 6.07 Å². The fraction of sp³-hybridized carbons (Fsp3) is 0.323. The summed E-state index contributed by atoms with van der Waals surface area (Å²) in [5, 5.41) is 6.28. The van der Waals surface area contributed by atoms with Crippen molar-refractivity contribution in [2.24, 2.45) is 5.92 Å². The first-order chi connectivity index (χ1) is 19.0. The molecule has 3 aromatic carbocycles. The number of nitrogens with zero attached hydrogens (tertiary/aromatic N) is 1. The van der Waals surface area contributed by atoms with Crippen LogP contribution < -0.4 is 16.4 Å². The summed E-state index contributed by atoms with van der Waals surface area (Å²) in [5.41, 5.74) is 10.4. The Kier molecular flexibility index (Phi) is 8.81. The molecule has 204 valence electrons. The molecule has 0 aromatic heterocycles. The lowest BCUT2D eigenvalue weighted by atomic mass is 9.88. The molecular formula is C31H34ClFN4O2. The molecule has 2 fully saturated rings. The molecule has 39 heavy (non-hydrogen) atoms. The van der Waals surface area contributed by atoms with E-state index in [4.69, 9.17) is 22.1 Å². The minimum Gasteiger partial charge on any atom is -0.397 e. The minimum absolute atomic E-state index is 0.00863. The van der Waals surface area contributed by atoms with E-state index >= 15 is 0 Å². The molecule has 0 aliphatic carbocycles. The number of rotatable bonds is 8. The van der Waals surface area contributed by atoms with E-state index in [9.17, 15) is 9.18 Å². The van der Waals surface area contributed by atoms with Crippen LogP contribution in [0.4, 0.5) is 21.5 Å². The predicted octanol–water partition coefficient (Wildman–Crippen LogP) is 6.02. The molecule has 8 heteroatoms. The molecule has 1 amide bonds. The van der Waals surface area contributed by atoms with Gasteiger partial charge in [-0.3, -0.25) is 9.69 Å². The Bertz CT molecular complexity index is 1310. The van der Waals surface area contributed by atoms with Crippen LogP contribution in [0.1, 0.15) is 29.9 Å². The predicted molar refractivity (Wildman–Crippen MR) is 157 cm³/mol. The molecule has 2 aliphatic heterocycles. The molecule has 3 aromatic rings. The Hall–Kier alpha value is -3.39. The zero-order chi connectivity index (χ0) is 27.2. The number of halogens is 2. The van der Waals surface area contributed by atoms with E-state index in [0.29, 0.717) is 24.8 Å². The fourth-order valence-corrected chi connectivity index (χ4v) is 5.65. The van der Waals surface area contributed by atoms with Crippen molar-refractivity contribution < 1.29 is 13.9 Å². The van der Waals surface area contributed by atoms with Crippen molar-refractivity contribution in [2.75, 3.05) is 49.2 Å².